The number of phenols is 3. The predicted octanol–water partition coefficient (Wildman–Crippen LogP) is -0.539. The van der Waals surface area contributed by atoms with Crippen molar-refractivity contribution in [1.82, 2.24) is 0 Å². The molecule has 1 fully saturated rings. The third-order valence-electron chi connectivity index (χ3n) is 5.25. The Morgan fingerprint density at radius 3 is 2.30 bits per heavy atom. The van der Waals surface area contributed by atoms with Crippen LogP contribution in [0.4, 0.5) is 0 Å². The molecule has 3 aromatic rings. The van der Waals surface area contributed by atoms with Crippen molar-refractivity contribution >= 4 is 11.0 Å². The van der Waals surface area contributed by atoms with E-state index in [9.17, 15) is 45.6 Å². The molecule has 2 heterocycles. The van der Waals surface area contributed by atoms with Crippen LogP contribution >= 0.6 is 0 Å². The van der Waals surface area contributed by atoms with Gasteiger partial charge < -0.3 is 54.7 Å². The van der Waals surface area contributed by atoms with Gasteiger partial charge in [0, 0.05) is 17.7 Å². The fraction of sp³-hybridized carbons (Fsp3) is 0.286. The van der Waals surface area contributed by atoms with Gasteiger partial charge in [-0.1, -0.05) is 0 Å². The average Bonchev–Trinajstić information content (AvgIpc) is 2.78. The molecule has 0 bridgehead atoms. The van der Waals surface area contributed by atoms with Crippen LogP contribution in [0.1, 0.15) is 0 Å². The molecule has 1 saturated heterocycles. The first-order chi connectivity index (χ1) is 15.6. The highest BCUT2D eigenvalue weighted by atomic mass is 16.7. The van der Waals surface area contributed by atoms with Gasteiger partial charge in [-0.25, -0.2) is 0 Å². The Morgan fingerprint density at radius 1 is 0.909 bits per heavy atom. The van der Waals surface area contributed by atoms with E-state index >= 15 is 0 Å². The maximum Gasteiger partial charge on any atom is 0.238 e. The molecule has 176 valence electrons. The molecule has 1 aliphatic heterocycles. The van der Waals surface area contributed by atoms with Crippen LogP contribution in [-0.4, -0.2) is 78.2 Å². The number of hydrogen-bond acceptors (Lipinski definition) is 12. The smallest absolute Gasteiger partial charge is 0.238 e. The van der Waals surface area contributed by atoms with Crippen molar-refractivity contribution in [3.63, 3.8) is 0 Å². The molecule has 0 aliphatic carbocycles. The van der Waals surface area contributed by atoms with Crippen molar-refractivity contribution in [2.45, 2.75) is 30.7 Å². The molecule has 33 heavy (non-hydrogen) atoms. The summed E-state index contributed by atoms with van der Waals surface area (Å²) in [6.45, 7) is -0.711. The van der Waals surface area contributed by atoms with Crippen molar-refractivity contribution in [2.24, 2.45) is 0 Å². The van der Waals surface area contributed by atoms with E-state index in [1.54, 1.807) is 0 Å². The van der Waals surface area contributed by atoms with Gasteiger partial charge in [-0.15, -0.1) is 0 Å². The van der Waals surface area contributed by atoms with Crippen LogP contribution in [0.3, 0.4) is 0 Å². The van der Waals surface area contributed by atoms with Crippen molar-refractivity contribution in [3.8, 4) is 40.1 Å². The standard InChI is InChI=1S/C21H20O12/c22-6-13-15(26)17(28)19(30)21(33-13)32-12-5-8(23)4-11-14(12)16(27)18(29)20(31-11)7-1-2-9(24)10(25)3-7/h1-5,13,15,17,19,21-26,28-30H,6H2/t13-,15+,17+,19-,21-/m1/s1. The summed E-state index contributed by atoms with van der Waals surface area (Å²) in [5.74, 6) is -3.04. The maximum absolute atomic E-state index is 13.0. The second kappa shape index (κ2) is 8.42. The third kappa shape index (κ3) is 3.90. The van der Waals surface area contributed by atoms with Gasteiger partial charge in [0.05, 0.1) is 6.61 Å². The Morgan fingerprint density at radius 2 is 1.64 bits per heavy atom. The summed E-state index contributed by atoms with van der Waals surface area (Å²) in [7, 11) is 0. The number of benzene rings is 2. The highest BCUT2D eigenvalue weighted by Crippen LogP contribution is 2.38. The van der Waals surface area contributed by atoms with Crippen LogP contribution in [0.15, 0.2) is 39.5 Å². The van der Waals surface area contributed by atoms with Gasteiger partial charge in [-0.3, -0.25) is 4.79 Å². The van der Waals surface area contributed by atoms with Crippen LogP contribution in [0.25, 0.3) is 22.3 Å². The molecule has 0 amide bonds. The Labute approximate surface area is 184 Å². The molecule has 12 nitrogen and oxygen atoms in total. The van der Waals surface area contributed by atoms with Gasteiger partial charge in [0.15, 0.2) is 17.3 Å². The molecule has 0 radical (unpaired) electrons. The van der Waals surface area contributed by atoms with Crippen LogP contribution < -0.4 is 10.2 Å². The second-order valence-corrected chi connectivity index (χ2v) is 7.44. The van der Waals surface area contributed by atoms with Gasteiger partial charge in [0.1, 0.15) is 46.9 Å². The first-order valence-electron chi connectivity index (χ1n) is 9.64. The highest BCUT2D eigenvalue weighted by Gasteiger charge is 2.45. The SMILES string of the molecule is O=c1c(O)c(-c2ccc(O)c(O)c2)oc2cc(O)cc(O[C@@H]3O[C@H](CO)[C@H](O)[C@H](O)[C@H]3O)c12. The van der Waals surface area contributed by atoms with E-state index in [1.807, 2.05) is 0 Å². The summed E-state index contributed by atoms with van der Waals surface area (Å²) in [4.78, 5) is 13.0. The van der Waals surface area contributed by atoms with Gasteiger partial charge in [0.2, 0.25) is 17.5 Å². The number of rotatable bonds is 4. The lowest BCUT2D eigenvalue weighted by molar-refractivity contribution is -0.277. The number of phenolic OH excluding ortho intramolecular Hbond substituents is 3. The molecule has 4 rings (SSSR count). The summed E-state index contributed by atoms with van der Waals surface area (Å²) in [6.07, 6.45) is -8.12. The van der Waals surface area contributed by atoms with E-state index in [4.69, 9.17) is 13.9 Å². The largest absolute Gasteiger partial charge is 0.508 e. The Balaban J connectivity index is 1.81. The van der Waals surface area contributed by atoms with Crippen LogP contribution in [0.5, 0.6) is 28.7 Å². The number of fused-ring (bicyclic) bond motifs is 1. The van der Waals surface area contributed by atoms with E-state index in [2.05, 4.69) is 0 Å². The zero-order chi connectivity index (χ0) is 24.0. The molecule has 8 N–H and O–H groups in total. The van der Waals surface area contributed by atoms with E-state index in [0.29, 0.717) is 0 Å². The zero-order valence-electron chi connectivity index (χ0n) is 16.7. The third-order valence-corrected chi connectivity index (χ3v) is 5.25. The number of aromatic hydroxyl groups is 4. The molecular weight excluding hydrogens is 444 g/mol. The van der Waals surface area contributed by atoms with Gasteiger partial charge in [0.25, 0.3) is 0 Å². The summed E-state index contributed by atoms with van der Waals surface area (Å²) in [5, 5.41) is 78.7. The van der Waals surface area contributed by atoms with E-state index in [-0.39, 0.29) is 22.3 Å². The van der Waals surface area contributed by atoms with E-state index < -0.39 is 71.5 Å². The summed E-state index contributed by atoms with van der Waals surface area (Å²) in [5.41, 5.74) is -1.21. The Bertz CT molecular complexity index is 1250. The molecule has 1 aromatic heterocycles. The molecule has 0 spiro atoms. The molecule has 12 heteroatoms. The first-order valence-corrected chi connectivity index (χ1v) is 9.64. The van der Waals surface area contributed by atoms with Crippen LogP contribution in [0, 0.1) is 0 Å². The molecule has 1 aliphatic rings. The molecular formula is C21H20O12. The number of aliphatic hydroxyl groups excluding tert-OH is 4. The zero-order valence-corrected chi connectivity index (χ0v) is 16.7. The molecule has 2 aromatic carbocycles. The minimum Gasteiger partial charge on any atom is -0.508 e. The van der Waals surface area contributed by atoms with Crippen LogP contribution in [-0.2, 0) is 4.74 Å². The second-order valence-electron chi connectivity index (χ2n) is 7.44. The number of aliphatic hydroxyl groups is 4. The summed E-state index contributed by atoms with van der Waals surface area (Å²) in [6, 6.07) is 5.47. The van der Waals surface area contributed by atoms with Gasteiger partial charge in [-0.2, -0.15) is 0 Å². The van der Waals surface area contributed by atoms with Crippen molar-refractivity contribution in [3.05, 3.63) is 40.6 Å². The maximum atomic E-state index is 13.0. The predicted molar refractivity (Wildman–Crippen MR) is 109 cm³/mol. The highest BCUT2D eigenvalue weighted by molar-refractivity contribution is 5.88. The topological polar surface area (TPSA) is 211 Å². The lowest BCUT2D eigenvalue weighted by atomic mass is 9.99. The minimum atomic E-state index is -1.79. The normalized spacial score (nSPS) is 25.3. The molecule has 5 atom stereocenters. The summed E-state index contributed by atoms with van der Waals surface area (Å²) < 4.78 is 16.3. The van der Waals surface area contributed by atoms with Gasteiger partial charge in [-0.05, 0) is 18.2 Å². The van der Waals surface area contributed by atoms with E-state index in [0.717, 1.165) is 24.3 Å². The first kappa shape index (κ1) is 22.6. The number of hydrogen-bond donors (Lipinski definition) is 8. The molecule has 0 saturated carbocycles. The van der Waals surface area contributed by atoms with Crippen molar-refractivity contribution in [2.75, 3.05) is 6.61 Å². The van der Waals surface area contributed by atoms with Crippen LogP contribution in [0.2, 0.25) is 0 Å². The van der Waals surface area contributed by atoms with Gasteiger partial charge >= 0.3 is 0 Å². The summed E-state index contributed by atoms with van der Waals surface area (Å²) >= 11 is 0. The fourth-order valence-corrected chi connectivity index (χ4v) is 3.50. The quantitative estimate of drug-likeness (QED) is 0.229. The average molecular weight is 464 g/mol. The minimum absolute atomic E-state index is 0.0431. The number of ether oxygens (including phenoxy) is 2. The van der Waals surface area contributed by atoms with E-state index in [1.165, 1.54) is 6.07 Å². The fourth-order valence-electron chi connectivity index (χ4n) is 3.50. The molecule has 0 unspecified atom stereocenters. The lowest BCUT2D eigenvalue weighted by Gasteiger charge is -2.39. The lowest BCUT2D eigenvalue weighted by Crippen LogP contribution is -2.60. The Hall–Kier alpha value is -3.55. The Kier molecular flexibility index (Phi) is 5.78. The monoisotopic (exact) mass is 464 g/mol. The van der Waals surface area contributed by atoms with Crippen molar-refractivity contribution < 1.29 is 54.7 Å². The van der Waals surface area contributed by atoms with Crippen molar-refractivity contribution in [1.29, 1.82) is 0 Å².